The van der Waals surface area contributed by atoms with E-state index in [9.17, 15) is 9.18 Å². The first kappa shape index (κ1) is 11.7. The van der Waals surface area contributed by atoms with Crippen LogP contribution in [0, 0.1) is 0 Å². The van der Waals surface area contributed by atoms with Gasteiger partial charge >= 0.3 is 5.97 Å². The zero-order chi connectivity index (χ0) is 11.3. The minimum atomic E-state index is -2.46. The second-order valence-electron chi connectivity index (χ2n) is 3.05. The molecular formula is C11H13FO3. The van der Waals surface area contributed by atoms with Crippen molar-refractivity contribution in [1.29, 1.82) is 0 Å². The molecule has 0 radical (unpaired) electrons. The van der Waals surface area contributed by atoms with Gasteiger partial charge in [0.15, 0.2) is 0 Å². The van der Waals surface area contributed by atoms with Crippen LogP contribution in [0.5, 0.6) is 0 Å². The molecule has 0 aliphatic carbocycles. The summed E-state index contributed by atoms with van der Waals surface area (Å²) in [6.07, 6.45) is 0. The van der Waals surface area contributed by atoms with Crippen molar-refractivity contribution in [3.05, 3.63) is 35.9 Å². The van der Waals surface area contributed by atoms with E-state index in [1.807, 2.05) is 0 Å². The minimum Gasteiger partial charge on any atom is -0.463 e. The van der Waals surface area contributed by atoms with Crippen molar-refractivity contribution in [2.45, 2.75) is 12.6 Å². The zero-order valence-corrected chi connectivity index (χ0v) is 8.44. The van der Waals surface area contributed by atoms with Crippen LogP contribution in [-0.4, -0.2) is 24.3 Å². The van der Waals surface area contributed by atoms with Gasteiger partial charge < -0.3 is 9.84 Å². The Balaban J connectivity index is 3.00. The van der Waals surface area contributed by atoms with E-state index < -0.39 is 18.2 Å². The Morgan fingerprint density at radius 1 is 1.47 bits per heavy atom. The third-order valence-corrected chi connectivity index (χ3v) is 2.05. The first-order chi connectivity index (χ1) is 7.15. The predicted molar refractivity (Wildman–Crippen MR) is 52.9 cm³/mol. The molecule has 15 heavy (non-hydrogen) atoms. The number of halogens is 1. The number of hydrogen-bond donors (Lipinski definition) is 1. The normalized spacial score (nSPS) is 14.3. The number of alkyl halides is 1. The smallest absolute Gasteiger partial charge is 0.351 e. The van der Waals surface area contributed by atoms with Crippen LogP contribution < -0.4 is 0 Å². The molecule has 4 heteroatoms. The average molecular weight is 212 g/mol. The largest absolute Gasteiger partial charge is 0.463 e. The average Bonchev–Trinajstić information content (AvgIpc) is 2.29. The summed E-state index contributed by atoms with van der Waals surface area (Å²) in [5.41, 5.74) is -2.36. The molecule has 0 aliphatic heterocycles. The maximum atomic E-state index is 14.1. The Labute approximate surface area is 87.5 Å². The predicted octanol–water partition coefficient (Wildman–Crippen LogP) is 1.41. The van der Waals surface area contributed by atoms with Crippen LogP contribution in [0.1, 0.15) is 12.5 Å². The van der Waals surface area contributed by atoms with Crippen molar-refractivity contribution in [3.8, 4) is 0 Å². The molecule has 0 saturated carbocycles. The van der Waals surface area contributed by atoms with Gasteiger partial charge in [-0.15, -0.1) is 0 Å². The fourth-order valence-electron chi connectivity index (χ4n) is 1.22. The van der Waals surface area contributed by atoms with Gasteiger partial charge in [-0.25, -0.2) is 9.18 Å². The minimum absolute atomic E-state index is 0.0807. The molecular weight excluding hydrogens is 199 g/mol. The lowest BCUT2D eigenvalue weighted by Gasteiger charge is -2.20. The van der Waals surface area contributed by atoms with E-state index in [1.165, 1.54) is 12.1 Å². The molecule has 1 aromatic rings. The summed E-state index contributed by atoms with van der Waals surface area (Å²) in [6.45, 7) is 0.744. The van der Waals surface area contributed by atoms with Crippen molar-refractivity contribution >= 4 is 5.97 Å². The lowest BCUT2D eigenvalue weighted by atomic mass is 9.97. The van der Waals surface area contributed by atoms with E-state index in [-0.39, 0.29) is 12.2 Å². The standard InChI is InChI=1S/C11H13FO3/c1-2-15-10(14)11(12,8-13)9-6-4-3-5-7-9/h3-7,13H,2,8H2,1H3/t11-/m1/s1. The lowest BCUT2D eigenvalue weighted by Crippen LogP contribution is -2.36. The SMILES string of the molecule is CCOC(=O)[C@@](F)(CO)c1ccccc1. The van der Waals surface area contributed by atoms with E-state index in [2.05, 4.69) is 4.74 Å². The maximum Gasteiger partial charge on any atom is 0.351 e. The second-order valence-corrected chi connectivity index (χ2v) is 3.05. The van der Waals surface area contributed by atoms with Crippen LogP contribution >= 0.6 is 0 Å². The molecule has 0 heterocycles. The number of rotatable bonds is 4. The van der Waals surface area contributed by atoms with Gasteiger partial charge in [0.2, 0.25) is 0 Å². The highest BCUT2D eigenvalue weighted by Crippen LogP contribution is 2.26. The molecule has 0 spiro atoms. The van der Waals surface area contributed by atoms with E-state index in [1.54, 1.807) is 25.1 Å². The molecule has 0 amide bonds. The monoisotopic (exact) mass is 212 g/mol. The number of hydrogen-bond acceptors (Lipinski definition) is 3. The molecule has 1 atom stereocenters. The van der Waals surface area contributed by atoms with Gasteiger partial charge in [0.05, 0.1) is 13.2 Å². The number of carbonyl (C=O) groups excluding carboxylic acids is 1. The fourth-order valence-corrected chi connectivity index (χ4v) is 1.22. The molecule has 1 N–H and O–H groups in total. The first-order valence-electron chi connectivity index (χ1n) is 4.67. The Kier molecular flexibility index (Phi) is 3.80. The van der Waals surface area contributed by atoms with Crippen LogP contribution in [0.4, 0.5) is 4.39 Å². The summed E-state index contributed by atoms with van der Waals surface area (Å²) < 4.78 is 18.7. The summed E-state index contributed by atoms with van der Waals surface area (Å²) in [5.74, 6) is -1.06. The van der Waals surface area contributed by atoms with Gasteiger partial charge in [-0.05, 0) is 6.92 Å². The summed E-state index contributed by atoms with van der Waals surface area (Å²) in [4.78, 5) is 11.3. The van der Waals surface area contributed by atoms with Crippen LogP contribution in [-0.2, 0) is 15.2 Å². The molecule has 0 aliphatic rings. The Morgan fingerprint density at radius 2 is 2.07 bits per heavy atom. The second kappa shape index (κ2) is 4.89. The molecule has 0 bridgehead atoms. The van der Waals surface area contributed by atoms with Gasteiger partial charge in [-0.1, -0.05) is 30.3 Å². The quantitative estimate of drug-likeness (QED) is 0.767. The third kappa shape index (κ3) is 2.33. The van der Waals surface area contributed by atoms with Crippen LogP contribution in [0.2, 0.25) is 0 Å². The highest BCUT2D eigenvalue weighted by molar-refractivity contribution is 5.81. The number of aliphatic hydroxyl groups is 1. The lowest BCUT2D eigenvalue weighted by molar-refractivity contribution is -0.161. The zero-order valence-electron chi connectivity index (χ0n) is 8.44. The molecule has 0 unspecified atom stereocenters. The van der Waals surface area contributed by atoms with Gasteiger partial charge in [-0.2, -0.15) is 0 Å². The van der Waals surface area contributed by atoms with Crippen LogP contribution in [0.15, 0.2) is 30.3 Å². The van der Waals surface area contributed by atoms with E-state index in [0.717, 1.165) is 0 Å². The van der Waals surface area contributed by atoms with Crippen LogP contribution in [0.25, 0.3) is 0 Å². The molecule has 0 saturated heterocycles. The molecule has 82 valence electrons. The Bertz CT molecular complexity index is 326. The number of benzene rings is 1. The number of carbonyl (C=O) groups is 1. The van der Waals surface area contributed by atoms with Gasteiger partial charge in [0.25, 0.3) is 5.67 Å². The Morgan fingerprint density at radius 3 is 2.53 bits per heavy atom. The molecule has 0 fully saturated rings. The third-order valence-electron chi connectivity index (χ3n) is 2.05. The van der Waals surface area contributed by atoms with Gasteiger partial charge in [0.1, 0.15) is 0 Å². The summed E-state index contributed by atoms with van der Waals surface area (Å²) in [7, 11) is 0. The van der Waals surface area contributed by atoms with Crippen molar-refractivity contribution in [2.24, 2.45) is 0 Å². The van der Waals surface area contributed by atoms with E-state index >= 15 is 0 Å². The summed E-state index contributed by atoms with van der Waals surface area (Å²) >= 11 is 0. The number of aliphatic hydroxyl groups excluding tert-OH is 1. The molecule has 0 aromatic heterocycles. The van der Waals surface area contributed by atoms with Crippen molar-refractivity contribution in [2.75, 3.05) is 13.2 Å². The summed E-state index contributed by atoms with van der Waals surface area (Å²) in [5, 5.41) is 8.96. The maximum absolute atomic E-state index is 14.1. The highest BCUT2D eigenvalue weighted by Gasteiger charge is 2.41. The van der Waals surface area contributed by atoms with Gasteiger partial charge in [0, 0.05) is 5.56 Å². The molecule has 1 rings (SSSR count). The topological polar surface area (TPSA) is 46.5 Å². The van der Waals surface area contributed by atoms with Crippen LogP contribution in [0.3, 0.4) is 0 Å². The summed E-state index contributed by atoms with van der Waals surface area (Å²) in [6, 6.07) is 7.77. The van der Waals surface area contributed by atoms with E-state index in [4.69, 9.17) is 5.11 Å². The van der Waals surface area contributed by atoms with Gasteiger partial charge in [-0.3, -0.25) is 0 Å². The fraction of sp³-hybridized carbons (Fsp3) is 0.364. The number of ether oxygens (including phenoxy) is 1. The van der Waals surface area contributed by atoms with Crippen molar-refractivity contribution < 1.29 is 19.0 Å². The van der Waals surface area contributed by atoms with E-state index in [0.29, 0.717) is 0 Å². The molecule has 3 nitrogen and oxygen atoms in total. The highest BCUT2D eigenvalue weighted by atomic mass is 19.1. The number of esters is 1. The molecule has 1 aromatic carbocycles. The first-order valence-corrected chi connectivity index (χ1v) is 4.67. The Hall–Kier alpha value is -1.42. The van der Waals surface area contributed by atoms with Crippen molar-refractivity contribution in [1.82, 2.24) is 0 Å². The van der Waals surface area contributed by atoms with Crippen molar-refractivity contribution in [3.63, 3.8) is 0 Å².